The number of benzene rings is 16. The van der Waals surface area contributed by atoms with E-state index in [2.05, 4.69) is 287 Å². The minimum atomic E-state index is -0.322. The van der Waals surface area contributed by atoms with Gasteiger partial charge in [-0.1, -0.05) is 328 Å². The number of nitrogens with zero attached hydrogens (tertiary/aromatic N) is 14. The van der Waals surface area contributed by atoms with Crippen molar-refractivity contribution < 1.29 is 8.78 Å². The second-order valence-electron chi connectivity index (χ2n) is 32.4. The molecule has 16 heteroatoms. The fourth-order valence-corrected chi connectivity index (χ4v) is 18.7. The Morgan fingerprint density at radius 1 is 0.346 bits per heavy atom. The average Bonchev–Trinajstić information content (AvgIpc) is 0.714. The summed E-state index contributed by atoms with van der Waals surface area (Å²) < 4.78 is 35.2. The Morgan fingerprint density at radius 3 is 1.18 bits per heavy atom. The Hall–Kier alpha value is -18.8. The zero-order valence-electron chi connectivity index (χ0n) is 71.1. The highest BCUT2D eigenvalue weighted by Crippen LogP contribution is 2.56. The molecule has 0 fully saturated rings. The van der Waals surface area contributed by atoms with Crippen molar-refractivity contribution in [3.63, 3.8) is 0 Å². The van der Waals surface area contributed by atoms with Gasteiger partial charge in [0.05, 0.1) is 22.8 Å². The maximum Gasteiger partial charge on any atom is 0.294 e. The lowest BCUT2D eigenvalue weighted by atomic mass is 9.67. The molecular formula is C117H68F2N14. The van der Waals surface area contributed by atoms with Crippen molar-refractivity contribution in [2.75, 3.05) is 9.80 Å². The number of allylic oxidation sites excluding steroid dienone is 11. The van der Waals surface area contributed by atoms with Crippen molar-refractivity contribution in [1.82, 2.24) is 29.9 Å². The van der Waals surface area contributed by atoms with Gasteiger partial charge in [0, 0.05) is 34.0 Å². The summed E-state index contributed by atoms with van der Waals surface area (Å²) in [7, 11) is 0. The van der Waals surface area contributed by atoms with Gasteiger partial charge < -0.3 is 19.5 Å². The van der Waals surface area contributed by atoms with E-state index in [0.29, 0.717) is 17.8 Å². The minimum Gasteiger partial charge on any atom is -0.370 e. The quantitative estimate of drug-likeness (QED) is 0.0641. The maximum atomic E-state index is 17.6. The SMILES string of the molecule is Cc1ccc2c(-c3ccc4ccccc4c3)c3ccccc3c(-c3ccc4ccccc4c3)c2c1.Fc1cc(-c2ccccc2)cc(-c2ccccc2)c1N(C1=CC=C2C=CC3=C4C(=CC=C1C24)CC=C3N(c1ccccc1)c1c(F)cc(-c2ccccc2)cc1-c1ccccc1)c1ccccc1.[C-]#[N+]c1nc2c3nc(C#N)c(C#N)nc3c3nc(C#N)c(C#N)nc3c2nc1[N+]#[C-]. The van der Waals surface area contributed by atoms with E-state index in [0.717, 1.165) is 84.0 Å². The number of nitriles is 4. The third-order valence-electron chi connectivity index (χ3n) is 24.7. The molecule has 0 aliphatic heterocycles. The van der Waals surface area contributed by atoms with Crippen molar-refractivity contribution >= 4 is 111 Å². The fraction of sp³-hybridized carbons (Fsp3) is 0.0256. The van der Waals surface area contributed by atoms with E-state index in [9.17, 15) is 21.0 Å². The van der Waals surface area contributed by atoms with Gasteiger partial charge in [0.1, 0.15) is 58.0 Å². The third kappa shape index (κ3) is 14.6. The summed E-state index contributed by atoms with van der Waals surface area (Å²) in [6.45, 7) is 16.7. The van der Waals surface area contributed by atoms with Crippen LogP contribution in [0.1, 0.15) is 34.8 Å². The summed E-state index contributed by atoms with van der Waals surface area (Å²) in [5.74, 6) is -1.40. The smallest absolute Gasteiger partial charge is 0.294 e. The van der Waals surface area contributed by atoms with E-state index in [1.54, 1.807) is 36.4 Å². The molecule has 620 valence electrons. The van der Waals surface area contributed by atoms with Crippen LogP contribution in [0, 0.1) is 82.9 Å². The average molecular weight is 1710 g/mol. The van der Waals surface area contributed by atoms with E-state index in [1.165, 1.54) is 82.1 Å². The molecule has 1 atom stereocenters. The Bertz CT molecular complexity index is 8280. The number of para-hydroxylation sites is 2. The Labute approximate surface area is 763 Å². The molecule has 0 saturated carbocycles. The van der Waals surface area contributed by atoms with Crippen molar-refractivity contribution in [2.45, 2.75) is 13.3 Å². The van der Waals surface area contributed by atoms with Gasteiger partial charge in [-0.3, -0.25) is 0 Å². The van der Waals surface area contributed by atoms with Gasteiger partial charge in [-0.05, 0) is 201 Å². The molecule has 23 rings (SSSR count). The standard InChI is InChI=1S/C64H44F2N2.C35H24.C18N12/c65-57-41-49(43-19-7-1-8-20-43)39-55(45-23-11-3-12-24-45)63(57)67(51-27-15-5-16-28-51)59-37-33-47-32-36-54-60(38-34-48-31-35-53(59)61(47)62(48)54)68(52-29-17-6-18-30-52)64-56(46-25-13-4-14-26-46)40-50(42-58(64)66)44-21-9-2-10-22-44;1-23-14-19-32-33(20-23)35(29-18-16-25-9-3-5-11-27(25)22-29)31-13-7-6-12-30(31)34(32)28-17-15-24-8-2-4-10-26(24)21-28;1-23-17-18(24-2)30-16-14-12(26-8(4-20)10(6-22)28-14)11-13(15(16)29-17)27-9(5-21)7(3-19)25-11/h1-33,35-42,61H,34H2;2-22H,1H3;. The molecule has 1 unspecified atom stereocenters. The lowest BCUT2D eigenvalue weighted by molar-refractivity contribution is 0.627. The number of hydrogen-bond acceptors (Lipinski definition) is 12. The predicted molar refractivity (Wildman–Crippen MR) is 526 cm³/mol. The molecule has 3 heterocycles. The molecule has 0 amide bonds. The van der Waals surface area contributed by atoms with Crippen molar-refractivity contribution in [1.29, 1.82) is 21.0 Å². The number of aromatic nitrogens is 6. The van der Waals surface area contributed by atoms with Crippen molar-refractivity contribution in [2.24, 2.45) is 5.92 Å². The highest BCUT2D eigenvalue weighted by Gasteiger charge is 2.41. The Kier molecular flexibility index (Phi) is 21.1. The van der Waals surface area contributed by atoms with Gasteiger partial charge in [-0.15, -0.1) is 9.97 Å². The zero-order valence-corrected chi connectivity index (χ0v) is 71.1. The fourth-order valence-electron chi connectivity index (χ4n) is 18.7. The molecular weight excluding hydrogens is 1640 g/mol. The summed E-state index contributed by atoms with van der Waals surface area (Å²) in [6, 6.07) is 122. The summed E-state index contributed by atoms with van der Waals surface area (Å²) in [5.41, 5.74) is 22.2. The molecule has 4 aliphatic carbocycles. The third-order valence-corrected chi connectivity index (χ3v) is 24.7. The van der Waals surface area contributed by atoms with Crippen molar-refractivity contribution in [3.05, 3.63) is 478 Å². The van der Waals surface area contributed by atoms with Gasteiger partial charge in [0.15, 0.2) is 22.8 Å². The van der Waals surface area contributed by atoms with Gasteiger partial charge in [0.2, 0.25) is 11.0 Å². The van der Waals surface area contributed by atoms with Gasteiger partial charge in [-0.2, -0.15) is 21.0 Å². The first-order valence-corrected chi connectivity index (χ1v) is 43.1. The van der Waals surface area contributed by atoms with E-state index >= 15 is 8.78 Å². The van der Waals surface area contributed by atoms with Crippen LogP contribution >= 0.6 is 0 Å². The van der Waals surface area contributed by atoms with Gasteiger partial charge in [0.25, 0.3) is 11.6 Å². The largest absolute Gasteiger partial charge is 0.370 e. The first-order valence-electron chi connectivity index (χ1n) is 43.1. The first-order chi connectivity index (χ1) is 65.4. The minimum absolute atomic E-state index is 0.00714. The van der Waals surface area contributed by atoms with Gasteiger partial charge in [-0.25, -0.2) is 28.7 Å². The van der Waals surface area contributed by atoms with Crippen molar-refractivity contribution in [3.8, 4) is 91.0 Å². The van der Waals surface area contributed by atoms with Crippen LogP contribution in [0.25, 0.3) is 153 Å². The lowest BCUT2D eigenvalue weighted by Gasteiger charge is -2.43. The topological polar surface area (TPSA) is 188 Å². The maximum absolute atomic E-state index is 17.6. The molecule has 4 aliphatic rings. The molecule has 0 spiro atoms. The highest BCUT2D eigenvalue weighted by molar-refractivity contribution is 6.23. The summed E-state index contributed by atoms with van der Waals surface area (Å²) in [4.78, 5) is 35.4. The second-order valence-corrected chi connectivity index (χ2v) is 32.4. The highest BCUT2D eigenvalue weighted by atomic mass is 19.1. The Morgan fingerprint density at radius 2 is 0.737 bits per heavy atom. The van der Waals surface area contributed by atoms with Crippen LogP contribution < -0.4 is 9.80 Å². The van der Waals surface area contributed by atoms with Crippen LogP contribution in [0.15, 0.2) is 415 Å². The van der Waals surface area contributed by atoms with E-state index < -0.39 is 0 Å². The molecule has 16 aromatic carbocycles. The number of halogens is 2. The van der Waals surface area contributed by atoms with Crippen LogP contribution in [0.4, 0.5) is 43.2 Å². The number of rotatable bonds is 12. The predicted octanol–water partition coefficient (Wildman–Crippen LogP) is 29.1. The molecule has 0 bridgehead atoms. The molecule has 0 radical (unpaired) electrons. The lowest BCUT2D eigenvalue weighted by Crippen LogP contribution is -2.31. The van der Waals surface area contributed by atoms with Gasteiger partial charge >= 0.3 is 0 Å². The Balaban J connectivity index is 0.000000136. The zero-order chi connectivity index (χ0) is 90.3. The summed E-state index contributed by atoms with van der Waals surface area (Å²) in [5, 5.41) is 47.5. The molecule has 19 aromatic rings. The molecule has 133 heavy (non-hydrogen) atoms. The van der Waals surface area contributed by atoms with E-state index in [-0.39, 0.29) is 85.1 Å². The summed E-state index contributed by atoms with van der Waals surface area (Å²) in [6.07, 6.45) is 16.1. The van der Waals surface area contributed by atoms with Crippen LogP contribution in [0.5, 0.6) is 0 Å². The molecule has 0 saturated heterocycles. The van der Waals surface area contributed by atoms with E-state index in [1.807, 2.05) is 133 Å². The van der Waals surface area contributed by atoms with Crippen LogP contribution in [-0.4, -0.2) is 29.9 Å². The number of aryl methyl sites for hydroxylation is 1. The normalized spacial score (nSPS) is 13.2. The van der Waals surface area contributed by atoms with Crippen LogP contribution in [-0.2, 0) is 0 Å². The number of hydrogen-bond donors (Lipinski definition) is 0. The molecule has 0 N–H and O–H groups in total. The number of fused-ring (bicyclic) bond motifs is 10. The summed E-state index contributed by atoms with van der Waals surface area (Å²) >= 11 is 0. The van der Waals surface area contributed by atoms with E-state index in [4.69, 9.17) is 13.1 Å². The number of anilines is 4. The van der Waals surface area contributed by atoms with Crippen LogP contribution in [0.2, 0.25) is 0 Å². The monoisotopic (exact) mass is 1710 g/mol. The van der Waals surface area contributed by atoms with Crippen LogP contribution in [0.3, 0.4) is 0 Å². The molecule has 14 nitrogen and oxygen atoms in total. The second kappa shape index (κ2) is 34.5. The first kappa shape index (κ1) is 81.2. The molecule has 3 aromatic heterocycles.